The Morgan fingerprint density at radius 3 is 2.33 bits per heavy atom. The minimum atomic E-state index is -0.223. The molecule has 0 bridgehead atoms. The number of hydrogen-bond acceptors (Lipinski definition) is 2. The summed E-state index contributed by atoms with van der Waals surface area (Å²) in [7, 11) is 0. The molecule has 0 amide bonds. The van der Waals surface area contributed by atoms with Gasteiger partial charge in [-0.2, -0.15) is 5.26 Å². The average Bonchev–Trinajstić information content (AvgIpc) is 2.38. The van der Waals surface area contributed by atoms with E-state index in [0.717, 1.165) is 5.56 Å². The Kier molecular flexibility index (Phi) is 3.64. The first-order chi connectivity index (χ1) is 8.63. The second-order valence-electron chi connectivity index (χ2n) is 5.03. The van der Waals surface area contributed by atoms with Crippen LogP contribution >= 0.6 is 0 Å². The maximum atomic E-state index is 9.21. The molecular weight excluding hydrogens is 220 g/mol. The van der Waals surface area contributed by atoms with Crippen LogP contribution in [0.1, 0.15) is 25.5 Å². The van der Waals surface area contributed by atoms with E-state index in [2.05, 4.69) is 30.3 Å². The minimum absolute atomic E-state index is 0.147. The third-order valence-corrected chi connectivity index (χ3v) is 3.41. The number of benzene rings is 2. The van der Waals surface area contributed by atoms with Crippen LogP contribution in [0.4, 0.5) is 0 Å². The van der Waals surface area contributed by atoms with E-state index in [-0.39, 0.29) is 17.9 Å². The molecule has 0 aliphatic rings. The summed E-state index contributed by atoms with van der Waals surface area (Å²) in [6.07, 6.45) is 0. The Balaban J connectivity index is 2.39. The van der Waals surface area contributed by atoms with E-state index >= 15 is 0 Å². The number of rotatable bonds is 3. The quantitative estimate of drug-likeness (QED) is 0.887. The van der Waals surface area contributed by atoms with Gasteiger partial charge in [-0.25, -0.2) is 0 Å². The van der Waals surface area contributed by atoms with E-state index in [1.165, 1.54) is 10.8 Å². The third-order valence-electron chi connectivity index (χ3n) is 3.41. The van der Waals surface area contributed by atoms with Crippen LogP contribution in [0.5, 0.6) is 0 Å². The Morgan fingerprint density at radius 2 is 1.72 bits per heavy atom. The van der Waals surface area contributed by atoms with Crippen LogP contribution in [0, 0.1) is 23.2 Å². The molecule has 0 aromatic heterocycles. The van der Waals surface area contributed by atoms with Gasteiger partial charge < -0.3 is 5.73 Å². The van der Waals surface area contributed by atoms with Gasteiger partial charge in [-0.15, -0.1) is 0 Å². The monoisotopic (exact) mass is 238 g/mol. The number of fused-ring (bicyclic) bond motifs is 1. The number of nitriles is 1. The summed E-state index contributed by atoms with van der Waals surface area (Å²) >= 11 is 0. The number of hydrogen-bond donors (Lipinski definition) is 1. The Labute approximate surface area is 108 Å². The first-order valence-corrected chi connectivity index (χ1v) is 6.27. The number of nitrogens with two attached hydrogens (primary N) is 1. The fourth-order valence-corrected chi connectivity index (χ4v) is 2.27. The summed E-state index contributed by atoms with van der Waals surface area (Å²) in [6.45, 7) is 4.07. The highest BCUT2D eigenvalue weighted by Gasteiger charge is 2.22. The van der Waals surface area contributed by atoms with E-state index in [4.69, 9.17) is 5.73 Å². The lowest BCUT2D eigenvalue weighted by Crippen LogP contribution is -2.24. The minimum Gasteiger partial charge on any atom is -0.323 e. The van der Waals surface area contributed by atoms with Crippen LogP contribution in [0.3, 0.4) is 0 Å². The van der Waals surface area contributed by atoms with Crippen molar-refractivity contribution in [3.8, 4) is 6.07 Å². The zero-order valence-corrected chi connectivity index (χ0v) is 10.8. The van der Waals surface area contributed by atoms with Crippen LogP contribution < -0.4 is 5.73 Å². The fourth-order valence-electron chi connectivity index (χ4n) is 2.27. The van der Waals surface area contributed by atoms with Crippen LogP contribution in [0.25, 0.3) is 10.8 Å². The van der Waals surface area contributed by atoms with Crippen LogP contribution in [0.2, 0.25) is 0 Å². The van der Waals surface area contributed by atoms with Crippen LogP contribution in [-0.4, -0.2) is 0 Å². The highest BCUT2D eigenvalue weighted by molar-refractivity contribution is 5.83. The lowest BCUT2D eigenvalue weighted by Gasteiger charge is -2.21. The van der Waals surface area contributed by atoms with Crippen molar-refractivity contribution in [3.63, 3.8) is 0 Å². The molecule has 0 heterocycles. The second-order valence-corrected chi connectivity index (χ2v) is 5.03. The van der Waals surface area contributed by atoms with Gasteiger partial charge in [0.15, 0.2) is 0 Å². The topological polar surface area (TPSA) is 49.8 Å². The largest absolute Gasteiger partial charge is 0.323 e. The van der Waals surface area contributed by atoms with Crippen molar-refractivity contribution in [1.29, 1.82) is 5.26 Å². The van der Waals surface area contributed by atoms with Crippen molar-refractivity contribution in [2.75, 3.05) is 0 Å². The highest BCUT2D eigenvalue weighted by atomic mass is 14.7. The summed E-state index contributed by atoms with van der Waals surface area (Å²) < 4.78 is 0. The molecule has 0 spiro atoms. The van der Waals surface area contributed by atoms with E-state index < -0.39 is 0 Å². The highest BCUT2D eigenvalue weighted by Crippen LogP contribution is 2.27. The third kappa shape index (κ3) is 2.37. The molecule has 92 valence electrons. The molecule has 0 aliphatic carbocycles. The van der Waals surface area contributed by atoms with Gasteiger partial charge in [-0.1, -0.05) is 50.2 Å². The molecule has 2 nitrogen and oxygen atoms in total. The van der Waals surface area contributed by atoms with Crippen LogP contribution in [0.15, 0.2) is 42.5 Å². The molecule has 0 saturated carbocycles. The summed E-state index contributed by atoms with van der Waals surface area (Å²) in [6, 6.07) is 16.5. The predicted octanol–water partition coefficient (Wildman–Crippen LogP) is 3.64. The Morgan fingerprint density at radius 1 is 1.06 bits per heavy atom. The number of nitrogens with zero attached hydrogens (tertiary/aromatic N) is 1. The molecule has 2 unspecified atom stereocenters. The molecule has 2 atom stereocenters. The maximum Gasteiger partial charge on any atom is 0.0679 e. The van der Waals surface area contributed by atoms with Crippen molar-refractivity contribution in [2.45, 2.75) is 19.9 Å². The van der Waals surface area contributed by atoms with Crippen molar-refractivity contribution < 1.29 is 0 Å². The SMILES string of the molecule is CC(C)C(C#N)C(N)c1ccc2ccccc2c1. The molecule has 2 aromatic rings. The maximum absolute atomic E-state index is 9.21. The average molecular weight is 238 g/mol. The van der Waals surface area contributed by atoms with Crippen molar-refractivity contribution in [2.24, 2.45) is 17.6 Å². The smallest absolute Gasteiger partial charge is 0.0679 e. The van der Waals surface area contributed by atoms with Crippen molar-refractivity contribution >= 4 is 10.8 Å². The van der Waals surface area contributed by atoms with Gasteiger partial charge in [0.1, 0.15) is 0 Å². The Bertz CT molecular complexity index is 581. The molecule has 2 N–H and O–H groups in total. The summed E-state index contributed by atoms with van der Waals surface area (Å²) in [5, 5.41) is 11.6. The van der Waals surface area contributed by atoms with Gasteiger partial charge in [-0.05, 0) is 28.3 Å². The summed E-state index contributed by atoms with van der Waals surface area (Å²) in [5.41, 5.74) is 7.26. The van der Waals surface area contributed by atoms with E-state index in [1.54, 1.807) is 0 Å². The normalized spacial score (nSPS) is 14.4. The zero-order chi connectivity index (χ0) is 13.1. The molecule has 2 aromatic carbocycles. The molecule has 0 saturated heterocycles. The van der Waals surface area contributed by atoms with Crippen molar-refractivity contribution in [1.82, 2.24) is 0 Å². The first-order valence-electron chi connectivity index (χ1n) is 6.27. The molecule has 2 rings (SSSR count). The first kappa shape index (κ1) is 12.6. The van der Waals surface area contributed by atoms with E-state index in [0.29, 0.717) is 0 Å². The van der Waals surface area contributed by atoms with E-state index in [9.17, 15) is 5.26 Å². The second kappa shape index (κ2) is 5.20. The van der Waals surface area contributed by atoms with Gasteiger partial charge in [-0.3, -0.25) is 0 Å². The lowest BCUT2D eigenvalue weighted by molar-refractivity contribution is 0.404. The molecular formula is C16H18N2. The summed E-state index contributed by atoms with van der Waals surface area (Å²) in [5.74, 6) is 0.114. The molecule has 0 radical (unpaired) electrons. The lowest BCUT2D eigenvalue weighted by atomic mass is 9.85. The zero-order valence-electron chi connectivity index (χ0n) is 10.8. The van der Waals surface area contributed by atoms with Gasteiger partial charge in [0.25, 0.3) is 0 Å². The molecule has 0 aliphatic heterocycles. The molecule has 2 heteroatoms. The van der Waals surface area contributed by atoms with Gasteiger partial charge in [0.05, 0.1) is 12.0 Å². The standard InChI is InChI=1S/C16H18N2/c1-11(2)15(10-17)16(18)14-8-7-12-5-3-4-6-13(12)9-14/h3-9,11,15-16H,18H2,1-2H3. The van der Waals surface area contributed by atoms with Crippen molar-refractivity contribution in [3.05, 3.63) is 48.0 Å². The summed E-state index contributed by atoms with van der Waals surface area (Å²) in [4.78, 5) is 0. The van der Waals surface area contributed by atoms with Gasteiger partial charge in [0.2, 0.25) is 0 Å². The van der Waals surface area contributed by atoms with Crippen LogP contribution in [-0.2, 0) is 0 Å². The fraction of sp³-hybridized carbons (Fsp3) is 0.312. The van der Waals surface area contributed by atoms with Gasteiger partial charge >= 0.3 is 0 Å². The predicted molar refractivity (Wildman–Crippen MR) is 74.8 cm³/mol. The van der Waals surface area contributed by atoms with E-state index in [1.807, 2.05) is 32.0 Å². The molecule has 0 fully saturated rings. The van der Waals surface area contributed by atoms with Gasteiger partial charge in [0, 0.05) is 6.04 Å². The Hall–Kier alpha value is -1.85. The molecule has 18 heavy (non-hydrogen) atoms.